The molecule has 0 aliphatic carbocycles. The first kappa shape index (κ1) is 19.4. The fraction of sp³-hybridized carbons (Fsp3) is 0.667. The lowest BCUT2D eigenvalue weighted by molar-refractivity contribution is 0.273. The molecule has 126 valence electrons. The number of hydrogen-bond acceptors (Lipinski definition) is 2. The quantitative estimate of drug-likeness (QED) is 0.456. The predicted octanol–water partition coefficient (Wildman–Crippen LogP) is 6.40. The van der Waals surface area contributed by atoms with Crippen molar-refractivity contribution in [3.63, 3.8) is 0 Å². The largest absolute Gasteiger partial charge is 0.497 e. The summed E-state index contributed by atoms with van der Waals surface area (Å²) in [6, 6.07) is 5.56. The molecule has 1 rings (SSSR count). The number of methoxy groups -OCH3 is 1. The van der Waals surface area contributed by atoms with E-state index in [1.165, 1.54) is 19.3 Å². The van der Waals surface area contributed by atoms with Gasteiger partial charge in [0, 0.05) is 5.56 Å². The molecule has 0 heterocycles. The predicted molar refractivity (Wildman–Crippen MR) is 95.4 cm³/mol. The van der Waals surface area contributed by atoms with Gasteiger partial charge in [0.15, 0.2) is 0 Å². The summed E-state index contributed by atoms with van der Waals surface area (Å²) in [5.74, 6) is 2.93. The zero-order chi connectivity index (χ0) is 16.5. The minimum absolute atomic E-state index is 0.617. The second kappa shape index (κ2) is 10.2. The summed E-state index contributed by atoms with van der Waals surface area (Å²) in [4.78, 5) is -0.617. The molecule has 0 spiro atoms. The van der Waals surface area contributed by atoms with Crippen molar-refractivity contribution in [1.29, 1.82) is 0 Å². The third-order valence-electron chi connectivity index (χ3n) is 3.80. The van der Waals surface area contributed by atoms with Crippen molar-refractivity contribution in [3.05, 3.63) is 23.8 Å². The van der Waals surface area contributed by atoms with Gasteiger partial charge in [-0.15, -0.1) is 0 Å². The van der Waals surface area contributed by atoms with E-state index in [1.54, 1.807) is 7.11 Å². The lowest BCUT2D eigenvalue weighted by atomic mass is 9.98. The van der Waals surface area contributed by atoms with Crippen molar-refractivity contribution in [2.45, 2.75) is 51.3 Å². The van der Waals surface area contributed by atoms with Gasteiger partial charge in [-0.1, -0.05) is 63.2 Å². The van der Waals surface area contributed by atoms with E-state index in [4.69, 9.17) is 32.7 Å². The first-order valence-corrected chi connectivity index (χ1v) is 8.90. The van der Waals surface area contributed by atoms with Crippen LogP contribution in [-0.2, 0) is 0 Å². The van der Waals surface area contributed by atoms with Crippen LogP contribution in [0.3, 0.4) is 0 Å². The van der Waals surface area contributed by atoms with Crippen LogP contribution in [0, 0.1) is 11.8 Å². The molecular formula is C18H28Cl2O2. The van der Waals surface area contributed by atoms with E-state index in [2.05, 4.69) is 20.8 Å². The summed E-state index contributed by atoms with van der Waals surface area (Å²) in [7, 11) is 1.62. The van der Waals surface area contributed by atoms with Crippen molar-refractivity contribution in [3.8, 4) is 11.5 Å². The maximum absolute atomic E-state index is 6.01. The topological polar surface area (TPSA) is 18.5 Å². The normalized spacial score (nSPS) is 12.7. The second-order valence-corrected chi connectivity index (χ2v) is 7.37. The lowest BCUT2D eigenvalue weighted by Crippen LogP contribution is -2.06. The van der Waals surface area contributed by atoms with Gasteiger partial charge in [-0.25, -0.2) is 0 Å². The molecule has 4 heteroatoms. The van der Waals surface area contributed by atoms with Gasteiger partial charge in [0.1, 0.15) is 16.3 Å². The molecule has 1 aromatic rings. The lowest BCUT2D eigenvalue weighted by Gasteiger charge is -2.16. The van der Waals surface area contributed by atoms with Crippen LogP contribution in [0.2, 0.25) is 0 Å². The molecule has 0 saturated heterocycles. The zero-order valence-electron chi connectivity index (χ0n) is 14.1. The highest BCUT2D eigenvalue weighted by Gasteiger charge is 2.13. The van der Waals surface area contributed by atoms with E-state index in [9.17, 15) is 0 Å². The van der Waals surface area contributed by atoms with Gasteiger partial charge in [-0.3, -0.25) is 0 Å². The summed E-state index contributed by atoms with van der Waals surface area (Å²) in [6.07, 6.45) is 4.88. The molecule has 0 saturated carbocycles. The second-order valence-electron chi connectivity index (χ2n) is 6.27. The van der Waals surface area contributed by atoms with E-state index >= 15 is 0 Å². The third kappa shape index (κ3) is 7.11. The Bertz CT molecular complexity index is 433. The highest BCUT2D eigenvalue weighted by molar-refractivity contribution is 6.44. The van der Waals surface area contributed by atoms with Crippen LogP contribution in [-0.4, -0.2) is 13.7 Å². The van der Waals surface area contributed by atoms with Gasteiger partial charge in [0.2, 0.25) is 0 Å². The number of hydrogen-bond donors (Lipinski definition) is 0. The molecule has 0 aliphatic heterocycles. The van der Waals surface area contributed by atoms with Crippen molar-refractivity contribution in [2.24, 2.45) is 11.8 Å². The highest BCUT2D eigenvalue weighted by Crippen LogP contribution is 2.35. The number of rotatable bonds is 10. The summed E-state index contributed by atoms with van der Waals surface area (Å²) in [6.45, 7) is 7.51. The van der Waals surface area contributed by atoms with Gasteiger partial charge < -0.3 is 9.47 Å². The first-order chi connectivity index (χ1) is 10.4. The maximum atomic E-state index is 6.01. The van der Waals surface area contributed by atoms with Crippen molar-refractivity contribution in [1.82, 2.24) is 0 Å². The number of alkyl halides is 2. The molecule has 0 fully saturated rings. The van der Waals surface area contributed by atoms with E-state index in [0.717, 1.165) is 29.4 Å². The molecule has 0 aliphatic rings. The zero-order valence-corrected chi connectivity index (χ0v) is 15.6. The molecule has 1 unspecified atom stereocenters. The van der Waals surface area contributed by atoms with E-state index < -0.39 is 4.84 Å². The molecule has 2 nitrogen and oxygen atoms in total. The summed E-state index contributed by atoms with van der Waals surface area (Å²) in [5.41, 5.74) is 0.759. The average Bonchev–Trinajstić information content (AvgIpc) is 2.46. The van der Waals surface area contributed by atoms with Gasteiger partial charge in [0.25, 0.3) is 0 Å². The van der Waals surface area contributed by atoms with E-state index in [-0.39, 0.29) is 0 Å². The molecule has 0 bridgehead atoms. The van der Waals surface area contributed by atoms with Crippen LogP contribution in [0.15, 0.2) is 18.2 Å². The van der Waals surface area contributed by atoms with E-state index in [0.29, 0.717) is 12.5 Å². The maximum Gasteiger partial charge on any atom is 0.136 e. The number of ether oxygens (including phenoxy) is 2. The van der Waals surface area contributed by atoms with Gasteiger partial charge in [-0.05, 0) is 36.5 Å². The number of halogens is 2. The first-order valence-electron chi connectivity index (χ1n) is 8.03. The average molecular weight is 347 g/mol. The Hall–Kier alpha value is -0.600. The van der Waals surface area contributed by atoms with Crippen LogP contribution in [0.25, 0.3) is 0 Å². The highest BCUT2D eigenvalue weighted by atomic mass is 35.5. The van der Waals surface area contributed by atoms with Crippen LogP contribution in [0.5, 0.6) is 11.5 Å². The van der Waals surface area contributed by atoms with Crippen LogP contribution >= 0.6 is 23.2 Å². The van der Waals surface area contributed by atoms with Crippen LogP contribution in [0.1, 0.15) is 56.9 Å². The van der Waals surface area contributed by atoms with Crippen LogP contribution in [0.4, 0.5) is 0 Å². The van der Waals surface area contributed by atoms with Crippen molar-refractivity contribution in [2.75, 3.05) is 13.7 Å². The number of benzene rings is 1. The molecule has 1 atom stereocenters. The Labute approximate surface area is 145 Å². The molecule has 0 amide bonds. The minimum atomic E-state index is -0.617. The van der Waals surface area contributed by atoms with Gasteiger partial charge in [-0.2, -0.15) is 0 Å². The summed E-state index contributed by atoms with van der Waals surface area (Å²) in [5, 5.41) is 0. The van der Waals surface area contributed by atoms with E-state index in [1.807, 2.05) is 18.2 Å². The Morgan fingerprint density at radius 3 is 2.36 bits per heavy atom. The molecule has 0 aromatic heterocycles. The van der Waals surface area contributed by atoms with Crippen molar-refractivity contribution < 1.29 is 9.47 Å². The fourth-order valence-corrected chi connectivity index (χ4v) is 2.69. The van der Waals surface area contributed by atoms with Crippen LogP contribution < -0.4 is 9.47 Å². The molecular weight excluding hydrogens is 319 g/mol. The standard InChI is InChI=1S/C18H28Cl2O2/c1-13(2)6-5-7-14(3)10-11-22-17-9-8-15(21-4)12-16(17)18(19)20/h8-9,12-14,18H,5-7,10-11H2,1-4H3. The molecule has 0 radical (unpaired) electrons. The Morgan fingerprint density at radius 1 is 1.05 bits per heavy atom. The minimum Gasteiger partial charge on any atom is -0.497 e. The SMILES string of the molecule is COc1ccc(OCCC(C)CCCC(C)C)c(C(Cl)Cl)c1. The van der Waals surface area contributed by atoms with Gasteiger partial charge in [0.05, 0.1) is 13.7 Å². The Morgan fingerprint density at radius 2 is 1.77 bits per heavy atom. The molecule has 0 N–H and O–H groups in total. The van der Waals surface area contributed by atoms with Crippen molar-refractivity contribution >= 4 is 23.2 Å². The Balaban J connectivity index is 2.44. The fourth-order valence-electron chi connectivity index (χ4n) is 2.34. The summed E-state index contributed by atoms with van der Waals surface area (Å²) >= 11 is 12.0. The smallest absolute Gasteiger partial charge is 0.136 e. The summed E-state index contributed by atoms with van der Waals surface area (Å²) < 4.78 is 11.1. The monoisotopic (exact) mass is 346 g/mol. The molecule has 22 heavy (non-hydrogen) atoms. The molecule has 1 aromatic carbocycles. The Kier molecular flexibility index (Phi) is 9.04. The van der Waals surface area contributed by atoms with Gasteiger partial charge >= 0.3 is 0 Å². The third-order valence-corrected chi connectivity index (χ3v) is 4.27.